The molecule has 1 unspecified atom stereocenters. The van der Waals surface area contributed by atoms with E-state index in [0.717, 1.165) is 0 Å². The summed E-state index contributed by atoms with van der Waals surface area (Å²) >= 11 is 0. The average molecular weight is 231 g/mol. The van der Waals surface area contributed by atoms with Gasteiger partial charge in [-0.25, -0.2) is 0 Å². The molecule has 5 nitrogen and oxygen atoms in total. The maximum Gasteiger partial charge on any atom is 0.378 e. The molecule has 1 heterocycles. The van der Waals surface area contributed by atoms with Crippen molar-refractivity contribution in [2.75, 3.05) is 0 Å². The van der Waals surface area contributed by atoms with Crippen LogP contribution < -0.4 is 14.0 Å². The molecule has 0 bridgehead atoms. The second kappa shape index (κ2) is 3.80. The van der Waals surface area contributed by atoms with E-state index in [0.29, 0.717) is 11.1 Å². The van der Waals surface area contributed by atoms with Gasteiger partial charge in [-0.2, -0.15) is 14.0 Å². The summed E-state index contributed by atoms with van der Waals surface area (Å²) in [5.74, 6) is 0. The molecule has 0 aromatic carbocycles. The van der Waals surface area contributed by atoms with Crippen molar-refractivity contribution in [2.24, 2.45) is 0 Å². The normalized spacial score (nSPS) is 24.1. The van der Waals surface area contributed by atoms with Gasteiger partial charge in [0, 0.05) is 11.1 Å². The Bertz CT molecular complexity index is 374. The van der Waals surface area contributed by atoms with Crippen LogP contribution in [0.15, 0.2) is 47.8 Å². The first-order valence-corrected chi connectivity index (χ1v) is 5.30. The van der Waals surface area contributed by atoms with Crippen molar-refractivity contribution in [3.8, 4) is 0 Å². The number of rotatable bonds is 2. The van der Waals surface area contributed by atoms with Crippen LogP contribution in [0.3, 0.4) is 0 Å². The van der Waals surface area contributed by atoms with Crippen molar-refractivity contribution < 1.29 is 33.2 Å². The highest BCUT2D eigenvalue weighted by atomic mass is 35.7. The van der Waals surface area contributed by atoms with Crippen LogP contribution in [0.4, 0.5) is 0 Å². The SMILES string of the molecule is [O-][Cl+3]([O-])([O-])OC1OC=C2C=CC=CC=C21. The number of allylic oxidation sites excluding steroid dienone is 5. The van der Waals surface area contributed by atoms with E-state index in [9.17, 15) is 14.0 Å². The first-order valence-electron chi connectivity index (χ1n) is 4.06. The number of hydrogen-bond acceptors (Lipinski definition) is 5. The second-order valence-electron chi connectivity index (χ2n) is 2.87. The van der Waals surface area contributed by atoms with Gasteiger partial charge in [0.15, 0.2) is 0 Å². The van der Waals surface area contributed by atoms with Crippen LogP contribution in [-0.2, 0) is 9.03 Å². The molecule has 0 saturated heterocycles. The fourth-order valence-electron chi connectivity index (χ4n) is 1.27. The van der Waals surface area contributed by atoms with E-state index in [1.165, 1.54) is 6.26 Å². The third kappa shape index (κ3) is 2.47. The molecule has 0 saturated carbocycles. The van der Waals surface area contributed by atoms with Crippen LogP contribution in [0.2, 0.25) is 0 Å². The fourth-order valence-corrected chi connectivity index (χ4v) is 1.61. The van der Waals surface area contributed by atoms with Crippen molar-refractivity contribution in [2.45, 2.75) is 6.29 Å². The topological polar surface area (TPSA) is 87.6 Å². The average Bonchev–Trinajstić information content (AvgIpc) is 2.35. The molecule has 80 valence electrons. The molecule has 0 aromatic rings. The molecule has 2 aliphatic rings. The van der Waals surface area contributed by atoms with Crippen LogP contribution in [0, 0.1) is 10.2 Å². The highest BCUT2D eigenvalue weighted by Crippen LogP contribution is 2.29. The predicted octanol–water partition coefficient (Wildman–Crippen LogP) is -1.81. The number of halogens is 1. The third-order valence-corrected chi connectivity index (χ3v) is 2.25. The second-order valence-corrected chi connectivity index (χ2v) is 3.81. The van der Waals surface area contributed by atoms with Crippen molar-refractivity contribution >= 4 is 0 Å². The minimum Gasteiger partial charge on any atom is -0.455 e. The van der Waals surface area contributed by atoms with Gasteiger partial charge in [-0.1, -0.05) is 30.4 Å². The van der Waals surface area contributed by atoms with E-state index in [1.54, 1.807) is 30.4 Å². The monoisotopic (exact) mass is 230 g/mol. The molecule has 2 rings (SSSR count). The maximum atomic E-state index is 10.4. The summed E-state index contributed by atoms with van der Waals surface area (Å²) in [6.45, 7) is 0. The van der Waals surface area contributed by atoms with Crippen molar-refractivity contribution in [3.63, 3.8) is 0 Å². The minimum absolute atomic E-state index is 0.506. The largest absolute Gasteiger partial charge is 0.455 e. The Balaban J connectivity index is 2.17. The van der Waals surface area contributed by atoms with Gasteiger partial charge in [-0.3, -0.25) is 0 Å². The summed E-state index contributed by atoms with van der Waals surface area (Å²) in [5, 5.41) is 0. The lowest BCUT2D eigenvalue weighted by Gasteiger charge is -2.16. The first kappa shape index (κ1) is 10.4. The maximum absolute atomic E-state index is 10.4. The quantitative estimate of drug-likeness (QED) is 0.558. The standard InChI is InChI=1S/C9H7ClO5/c11-10(12,13)15-9-8-5-3-1-2-4-7(8)6-14-9/h1-6,9H. The third-order valence-electron chi connectivity index (χ3n) is 1.87. The summed E-state index contributed by atoms with van der Waals surface area (Å²) in [6.07, 6.45) is 8.76. The van der Waals surface area contributed by atoms with Crippen LogP contribution in [0.25, 0.3) is 0 Å². The lowest BCUT2D eigenvalue weighted by atomic mass is 10.1. The number of ether oxygens (including phenoxy) is 1. The van der Waals surface area contributed by atoms with E-state index in [2.05, 4.69) is 4.29 Å². The van der Waals surface area contributed by atoms with Gasteiger partial charge in [0.05, 0.1) is 16.5 Å². The molecule has 15 heavy (non-hydrogen) atoms. The van der Waals surface area contributed by atoms with Gasteiger partial charge in [-0.05, 0) is 0 Å². The zero-order valence-electron chi connectivity index (χ0n) is 7.46. The molecule has 1 aliphatic carbocycles. The summed E-state index contributed by atoms with van der Waals surface area (Å²) < 4.78 is 40.2. The first-order chi connectivity index (χ1) is 7.06. The molecule has 0 spiro atoms. The van der Waals surface area contributed by atoms with Gasteiger partial charge >= 0.3 is 6.29 Å². The minimum atomic E-state index is -4.49. The van der Waals surface area contributed by atoms with Crippen LogP contribution >= 0.6 is 0 Å². The smallest absolute Gasteiger partial charge is 0.378 e. The predicted molar refractivity (Wildman–Crippen MR) is 40.4 cm³/mol. The van der Waals surface area contributed by atoms with Crippen molar-refractivity contribution in [3.05, 3.63) is 47.8 Å². The zero-order chi connectivity index (χ0) is 10.9. The zero-order valence-corrected chi connectivity index (χ0v) is 8.22. The van der Waals surface area contributed by atoms with E-state index >= 15 is 0 Å². The fraction of sp³-hybridized carbons (Fsp3) is 0.111. The molecule has 1 atom stereocenters. The Labute approximate surface area is 88.0 Å². The van der Waals surface area contributed by atoms with Gasteiger partial charge in [0.25, 0.3) is 0 Å². The van der Waals surface area contributed by atoms with Crippen LogP contribution in [0.5, 0.6) is 0 Å². The Kier molecular flexibility index (Phi) is 2.64. The molecule has 1 aliphatic heterocycles. The lowest BCUT2D eigenvalue weighted by Crippen LogP contribution is -2.62. The Morgan fingerprint density at radius 1 is 1.20 bits per heavy atom. The van der Waals surface area contributed by atoms with E-state index in [4.69, 9.17) is 4.74 Å². The molecule has 0 N–H and O–H groups in total. The highest BCUT2D eigenvalue weighted by Gasteiger charge is 2.37. The molecule has 0 aromatic heterocycles. The number of hydrogen-bond donors (Lipinski definition) is 0. The van der Waals surface area contributed by atoms with Gasteiger partial charge in [0.1, 0.15) is 4.29 Å². The highest BCUT2D eigenvalue weighted by molar-refractivity contribution is 5.47. The van der Waals surface area contributed by atoms with E-state index in [-0.39, 0.29) is 0 Å². The molecule has 6 heteroatoms. The summed E-state index contributed by atoms with van der Waals surface area (Å²) in [5.41, 5.74) is 1.19. The lowest BCUT2D eigenvalue weighted by molar-refractivity contribution is -1.92. The number of fused-ring (bicyclic) bond motifs is 1. The van der Waals surface area contributed by atoms with Crippen LogP contribution in [-0.4, -0.2) is 6.29 Å². The van der Waals surface area contributed by atoms with E-state index in [1.807, 2.05) is 0 Å². The van der Waals surface area contributed by atoms with Crippen molar-refractivity contribution in [1.82, 2.24) is 0 Å². The Morgan fingerprint density at radius 2 is 2.00 bits per heavy atom. The van der Waals surface area contributed by atoms with Gasteiger partial charge in [-0.15, -0.1) is 0 Å². The summed E-state index contributed by atoms with van der Waals surface area (Å²) in [7, 11) is -4.49. The van der Waals surface area contributed by atoms with E-state index < -0.39 is 16.5 Å². The Morgan fingerprint density at radius 3 is 2.73 bits per heavy atom. The van der Waals surface area contributed by atoms with Crippen LogP contribution in [0.1, 0.15) is 0 Å². The molecular weight excluding hydrogens is 224 g/mol. The molecule has 0 fully saturated rings. The van der Waals surface area contributed by atoms with Gasteiger partial charge in [0.2, 0.25) is 0 Å². The molecular formula is C9H7ClO5. The van der Waals surface area contributed by atoms with Gasteiger partial charge < -0.3 is 4.74 Å². The summed E-state index contributed by atoms with van der Waals surface area (Å²) in [4.78, 5) is 0. The molecule has 0 radical (unpaired) electrons. The molecule has 0 amide bonds. The van der Waals surface area contributed by atoms with Crippen molar-refractivity contribution in [1.29, 1.82) is 0 Å². The summed E-state index contributed by atoms with van der Waals surface area (Å²) in [6, 6.07) is 0. The Hall–Kier alpha value is -1.11.